The maximum absolute atomic E-state index is 4.88. The van der Waals surface area contributed by atoms with Crippen molar-refractivity contribution in [2.75, 3.05) is 7.11 Å². The molecule has 1 N–H and O–H groups in total. The molecule has 4 nitrogen and oxygen atoms in total. The van der Waals surface area contributed by atoms with Crippen LogP contribution in [0.3, 0.4) is 0 Å². The van der Waals surface area contributed by atoms with Crippen LogP contribution >= 0.6 is 0 Å². The van der Waals surface area contributed by atoms with Crippen LogP contribution in [0.2, 0.25) is 0 Å². The molecule has 50 valence electrons. The fourth-order valence-electron chi connectivity index (χ4n) is 0.562. The van der Waals surface area contributed by atoms with Crippen molar-refractivity contribution < 1.29 is 4.84 Å². The molecular formula is C5H9N3O. The second kappa shape index (κ2) is 2.50. The largest absolute Gasteiger partial charge is 0.282 e. The van der Waals surface area contributed by atoms with Gasteiger partial charge >= 0.3 is 0 Å². The molecule has 0 atom stereocenters. The summed E-state index contributed by atoms with van der Waals surface area (Å²) in [5.74, 6) is 0. The summed E-state index contributed by atoms with van der Waals surface area (Å²) in [4.78, 5) is 4.88. The lowest BCUT2D eigenvalue weighted by Crippen LogP contribution is -2.24. The van der Waals surface area contributed by atoms with E-state index in [1.807, 2.05) is 6.92 Å². The standard InChI is InChI=1S/C5H9N3O/c1-5-3-6-7-4-8(5)9-2/h3-4,6H,1-2H3. The number of hydrogen-bond acceptors (Lipinski definition) is 4. The Kier molecular flexibility index (Phi) is 1.69. The van der Waals surface area contributed by atoms with Gasteiger partial charge in [0.15, 0.2) is 0 Å². The van der Waals surface area contributed by atoms with E-state index in [0.29, 0.717) is 0 Å². The Hall–Kier alpha value is -1.03. The summed E-state index contributed by atoms with van der Waals surface area (Å²) < 4.78 is 0. The maximum atomic E-state index is 4.88. The van der Waals surface area contributed by atoms with Crippen molar-refractivity contribution in [3.63, 3.8) is 0 Å². The summed E-state index contributed by atoms with van der Waals surface area (Å²) in [5, 5.41) is 5.30. The molecule has 0 aromatic rings. The minimum atomic E-state index is 0.979. The van der Waals surface area contributed by atoms with Crippen molar-refractivity contribution >= 4 is 6.34 Å². The van der Waals surface area contributed by atoms with Crippen molar-refractivity contribution in [2.45, 2.75) is 6.92 Å². The fourth-order valence-corrected chi connectivity index (χ4v) is 0.562. The highest BCUT2D eigenvalue weighted by atomic mass is 16.7. The van der Waals surface area contributed by atoms with Gasteiger partial charge in [0.2, 0.25) is 0 Å². The average Bonchev–Trinajstić information content (AvgIpc) is 1.89. The molecule has 0 aliphatic carbocycles. The van der Waals surface area contributed by atoms with Gasteiger partial charge < -0.3 is 0 Å². The number of rotatable bonds is 1. The minimum absolute atomic E-state index is 0.979. The number of hydrazone groups is 1. The summed E-state index contributed by atoms with van der Waals surface area (Å²) >= 11 is 0. The number of nitrogens with zero attached hydrogens (tertiary/aromatic N) is 2. The van der Waals surface area contributed by atoms with E-state index in [1.54, 1.807) is 24.7 Å². The predicted octanol–water partition coefficient (Wildman–Crippen LogP) is 0.258. The molecule has 1 rings (SSSR count). The van der Waals surface area contributed by atoms with Gasteiger partial charge in [0.25, 0.3) is 0 Å². The monoisotopic (exact) mass is 127 g/mol. The van der Waals surface area contributed by atoms with Crippen LogP contribution in [0.1, 0.15) is 6.92 Å². The van der Waals surface area contributed by atoms with Crippen LogP contribution in [0, 0.1) is 0 Å². The lowest BCUT2D eigenvalue weighted by atomic mass is 10.5. The summed E-state index contributed by atoms with van der Waals surface area (Å²) in [5.41, 5.74) is 3.66. The van der Waals surface area contributed by atoms with Crippen LogP contribution in [0.15, 0.2) is 17.0 Å². The first kappa shape index (κ1) is 6.10. The van der Waals surface area contributed by atoms with Crippen LogP contribution in [0.25, 0.3) is 0 Å². The van der Waals surface area contributed by atoms with E-state index < -0.39 is 0 Å². The predicted molar refractivity (Wildman–Crippen MR) is 34.2 cm³/mol. The van der Waals surface area contributed by atoms with Crippen molar-refractivity contribution in [1.29, 1.82) is 0 Å². The van der Waals surface area contributed by atoms with Crippen molar-refractivity contribution in [1.82, 2.24) is 10.5 Å². The Balaban J connectivity index is 2.59. The van der Waals surface area contributed by atoms with Gasteiger partial charge in [-0.1, -0.05) is 0 Å². The van der Waals surface area contributed by atoms with Crippen LogP contribution < -0.4 is 5.43 Å². The second-order valence-corrected chi connectivity index (χ2v) is 1.67. The number of nitrogens with one attached hydrogen (secondary N) is 1. The lowest BCUT2D eigenvalue weighted by Gasteiger charge is -2.18. The number of hydroxylamine groups is 2. The van der Waals surface area contributed by atoms with Gasteiger partial charge in [-0.15, -0.1) is 0 Å². The Morgan fingerprint density at radius 1 is 1.78 bits per heavy atom. The van der Waals surface area contributed by atoms with E-state index in [1.165, 1.54) is 0 Å². The van der Waals surface area contributed by atoms with Crippen LogP contribution in [-0.4, -0.2) is 18.5 Å². The highest BCUT2D eigenvalue weighted by molar-refractivity contribution is 5.56. The van der Waals surface area contributed by atoms with Crippen molar-refractivity contribution in [2.24, 2.45) is 5.10 Å². The van der Waals surface area contributed by atoms with E-state index in [0.717, 1.165) is 5.70 Å². The number of allylic oxidation sites excluding steroid dienone is 1. The molecule has 9 heavy (non-hydrogen) atoms. The third-order valence-electron chi connectivity index (χ3n) is 1.05. The molecular weight excluding hydrogens is 118 g/mol. The molecule has 0 radical (unpaired) electrons. The number of hydrogen-bond donors (Lipinski definition) is 1. The average molecular weight is 127 g/mol. The fraction of sp³-hybridized carbons (Fsp3) is 0.400. The summed E-state index contributed by atoms with van der Waals surface area (Å²) in [6.45, 7) is 1.92. The highest BCUT2D eigenvalue weighted by Crippen LogP contribution is 2.00. The van der Waals surface area contributed by atoms with Gasteiger partial charge in [-0.25, -0.2) is 5.06 Å². The van der Waals surface area contributed by atoms with Crippen molar-refractivity contribution in [3.8, 4) is 0 Å². The molecule has 1 heterocycles. The molecule has 1 aliphatic heterocycles. The zero-order valence-electron chi connectivity index (χ0n) is 5.46. The quantitative estimate of drug-likeness (QED) is 0.549. The molecule has 1 aliphatic rings. The molecule has 0 amide bonds. The Bertz CT molecular complexity index is 152. The normalized spacial score (nSPS) is 17.1. The zero-order chi connectivity index (χ0) is 6.69. The molecule has 0 aromatic heterocycles. The smallest absolute Gasteiger partial charge is 0.141 e. The molecule has 0 unspecified atom stereocenters. The second-order valence-electron chi connectivity index (χ2n) is 1.67. The molecule has 4 heteroatoms. The molecule has 0 aromatic carbocycles. The van der Waals surface area contributed by atoms with Crippen molar-refractivity contribution in [3.05, 3.63) is 11.9 Å². The molecule has 0 bridgehead atoms. The Morgan fingerprint density at radius 2 is 2.56 bits per heavy atom. The topological polar surface area (TPSA) is 36.9 Å². The summed E-state index contributed by atoms with van der Waals surface area (Å²) in [6.07, 6.45) is 3.32. The van der Waals surface area contributed by atoms with E-state index >= 15 is 0 Å². The zero-order valence-corrected chi connectivity index (χ0v) is 5.46. The first-order valence-electron chi connectivity index (χ1n) is 2.63. The summed E-state index contributed by atoms with van der Waals surface area (Å²) in [7, 11) is 1.59. The van der Waals surface area contributed by atoms with Crippen LogP contribution in [-0.2, 0) is 4.84 Å². The van der Waals surface area contributed by atoms with E-state index in [9.17, 15) is 0 Å². The Morgan fingerprint density at radius 3 is 3.00 bits per heavy atom. The van der Waals surface area contributed by atoms with E-state index in [-0.39, 0.29) is 0 Å². The molecule has 0 saturated carbocycles. The first-order chi connectivity index (χ1) is 4.34. The molecule has 0 saturated heterocycles. The molecule has 0 fully saturated rings. The van der Waals surface area contributed by atoms with Gasteiger partial charge in [0, 0.05) is 6.20 Å². The van der Waals surface area contributed by atoms with Gasteiger partial charge in [-0.3, -0.25) is 10.3 Å². The first-order valence-corrected chi connectivity index (χ1v) is 2.63. The van der Waals surface area contributed by atoms with Crippen LogP contribution in [0.5, 0.6) is 0 Å². The summed E-state index contributed by atoms with van der Waals surface area (Å²) in [6, 6.07) is 0. The Labute approximate surface area is 53.7 Å². The molecule has 0 spiro atoms. The van der Waals surface area contributed by atoms with Gasteiger partial charge in [-0.05, 0) is 6.92 Å². The maximum Gasteiger partial charge on any atom is 0.141 e. The van der Waals surface area contributed by atoms with E-state index in [2.05, 4.69) is 10.5 Å². The highest BCUT2D eigenvalue weighted by Gasteiger charge is 2.02. The SMILES string of the molecule is CON1C=NNC=C1C. The van der Waals surface area contributed by atoms with Crippen LogP contribution in [0.4, 0.5) is 0 Å². The van der Waals surface area contributed by atoms with Gasteiger partial charge in [-0.2, -0.15) is 5.10 Å². The third kappa shape index (κ3) is 1.20. The minimum Gasteiger partial charge on any atom is -0.282 e. The van der Waals surface area contributed by atoms with Gasteiger partial charge in [0.05, 0.1) is 12.8 Å². The third-order valence-corrected chi connectivity index (χ3v) is 1.05. The van der Waals surface area contributed by atoms with E-state index in [4.69, 9.17) is 4.84 Å². The lowest BCUT2D eigenvalue weighted by molar-refractivity contribution is -0.0307. The van der Waals surface area contributed by atoms with Gasteiger partial charge in [0.1, 0.15) is 6.34 Å².